The third-order valence-electron chi connectivity index (χ3n) is 4.45. The highest BCUT2D eigenvalue weighted by Gasteiger charge is 2.25. The monoisotopic (exact) mass is 388 g/mol. The van der Waals surface area contributed by atoms with Crippen molar-refractivity contribution >= 4 is 29.2 Å². The van der Waals surface area contributed by atoms with Gasteiger partial charge >= 0.3 is 6.03 Å². The lowest BCUT2D eigenvalue weighted by molar-refractivity contribution is 0.102. The van der Waals surface area contributed by atoms with E-state index in [2.05, 4.69) is 10.3 Å². The van der Waals surface area contributed by atoms with Crippen molar-refractivity contribution in [3.63, 3.8) is 0 Å². The van der Waals surface area contributed by atoms with Gasteiger partial charge in [-0.05, 0) is 35.7 Å². The number of urea groups is 1. The fraction of sp³-hybridized carbons (Fsp3) is 0.316. The van der Waals surface area contributed by atoms with E-state index in [1.807, 2.05) is 0 Å². The summed E-state index contributed by atoms with van der Waals surface area (Å²) in [5, 5.41) is 3.26. The van der Waals surface area contributed by atoms with Crippen molar-refractivity contribution in [1.29, 1.82) is 0 Å². The van der Waals surface area contributed by atoms with Gasteiger partial charge in [-0.15, -0.1) is 0 Å². The minimum atomic E-state index is -0.257. The molecule has 0 fully saturated rings. The van der Waals surface area contributed by atoms with Gasteiger partial charge in [0.15, 0.2) is 0 Å². The summed E-state index contributed by atoms with van der Waals surface area (Å²) in [6, 6.07) is 5.01. The van der Waals surface area contributed by atoms with Gasteiger partial charge in [-0.3, -0.25) is 9.78 Å². The number of benzene rings is 1. The second-order valence-corrected chi connectivity index (χ2v) is 6.88. The van der Waals surface area contributed by atoms with E-state index in [1.54, 1.807) is 54.5 Å². The summed E-state index contributed by atoms with van der Waals surface area (Å²) in [6.45, 7) is 0.998. The summed E-state index contributed by atoms with van der Waals surface area (Å²) in [5.41, 5.74) is 2.89. The van der Waals surface area contributed by atoms with Crippen molar-refractivity contribution < 1.29 is 14.3 Å². The van der Waals surface area contributed by atoms with Crippen molar-refractivity contribution in [3.8, 4) is 5.75 Å². The summed E-state index contributed by atoms with van der Waals surface area (Å²) < 4.78 is 5.12. The molecule has 27 heavy (non-hydrogen) atoms. The van der Waals surface area contributed by atoms with E-state index in [0.717, 1.165) is 11.1 Å². The Hall–Kier alpha value is -2.80. The van der Waals surface area contributed by atoms with Crippen molar-refractivity contribution in [3.05, 3.63) is 52.3 Å². The molecule has 8 heteroatoms. The zero-order chi connectivity index (χ0) is 19.6. The van der Waals surface area contributed by atoms with E-state index in [0.29, 0.717) is 41.5 Å². The smallest absolute Gasteiger partial charge is 0.319 e. The highest BCUT2D eigenvalue weighted by molar-refractivity contribution is 6.32. The Morgan fingerprint density at radius 1 is 1.30 bits per heavy atom. The molecular weight excluding hydrogens is 368 g/mol. The molecule has 0 saturated heterocycles. The molecule has 7 nitrogen and oxygen atoms in total. The molecule has 0 atom stereocenters. The fourth-order valence-electron chi connectivity index (χ4n) is 3.08. The first-order chi connectivity index (χ1) is 12.9. The van der Waals surface area contributed by atoms with Crippen LogP contribution in [0.3, 0.4) is 0 Å². The number of carbonyl (C=O) groups excluding carboxylic acids is 2. The van der Waals surface area contributed by atoms with E-state index < -0.39 is 0 Å². The average molecular weight is 389 g/mol. The number of nitrogens with zero attached hydrogens (tertiary/aromatic N) is 3. The molecule has 0 bridgehead atoms. The number of carbonyl (C=O) groups is 2. The van der Waals surface area contributed by atoms with E-state index in [-0.39, 0.29) is 11.9 Å². The molecular formula is C19H21ClN4O3. The molecule has 142 valence electrons. The summed E-state index contributed by atoms with van der Waals surface area (Å²) >= 11 is 6.12. The molecule has 3 rings (SSSR count). The number of hydrogen-bond donors (Lipinski definition) is 1. The molecule has 2 heterocycles. The molecule has 1 aliphatic heterocycles. The van der Waals surface area contributed by atoms with Crippen LogP contribution in [0.1, 0.15) is 21.5 Å². The van der Waals surface area contributed by atoms with Crippen molar-refractivity contribution in [2.45, 2.75) is 13.0 Å². The van der Waals surface area contributed by atoms with Gasteiger partial charge in [-0.1, -0.05) is 11.6 Å². The lowest BCUT2D eigenvalue weighted by atomic mass is 9.97. The standard InChI is InChI=1S/C19H21ClN4O3/c1-23(2)19(26)24-7-6-14-12(11-24)9-21-10-15(14)18(25)22-13-4-5-17(27-3)16(20)8-13/h4-5,8-10H,6-7,11H2,1-3H3,(H,22,25). The molecule has 0 radical (unpaired) electrons. The number of ether oxygens (including phenoxy) is 1. The molecule has 0 aliphatic carbocycles. The first-order valence-electron chi connectivity index (χ1n) is 8.47. The van der Waals surface area contributed by atoms with Gasteiger partial charge in [0.2, 0.25) is 0 Å². The fourth-order valence-corrected chi connectivity index (χ4v) is 3.34. The number of halogens is 1. The van der Waals surface area contributed by atoms with Gasteiger partial charge in [0, 0.05) is 45.3 Å². The maximum Gasteiger partial charge on any atom is 0.319 e. The lowest BCUT2D eigenvalue weighted by Gasteiger charge is -2.31. The number of pyridine rings is 1. The van der Waals surface area contributed by atoms with Crippen LogP contribution in [0.2, 0.25) is 5.02 Å². The molecule has 3 amide bonds. The summed E-state index contributed by atoms with van der Waals surface area (Å²) in [7, 11) is 4.98. The van der Waals surface area contributed by atoms with Crippen LogP contribution in [0.5, 0.6) is 5.75 Å². The molecule has 0 spiro atoms. The first kappa shape index (κ1) is 19.0. The zero-order valence-electron chi connectivity index (χ0n) is 15.5. The molecule has 2 aromatic rings. The predicted molar refractivity (Wildman–Crippen MR) is 103 cm³/mol. The Morgan fingerprint density at radius 3 is 2.74 bits per heavy atom. The largest absolute Gasteiger partial charge is 0.495 e. The molecule has 1 aromatic heterocycles. The van der Waals surface area contributed by atoms with Crippen molar-refractivity contribution in [1.82, 2.24) is 14.8 Å². The quantitative estimate of drug-likeness (QED) is 0.876. The van der Waals surface area contributed by atoms with Gasteiger partial charge in [-0.25, -0.2) is 4.79 Å². The number of amides is 3. The van der Waals surface area contributed by atoms with Crippen LogP contribution in [0.25, 0.3) is 0 Å². The second kappa shape index (κ2) is 7.84. The van der Waals surface area contributed by atoms with E-state index in [1.165, 1.54) is 7.11 Å². The summed E-state index contributed by atoms with van der Waals surface area (Å²) in [6.07, 6.45) is 3.87. The SMILES string of the molecule is COc1ccc(NC(=O)c2cncc3c2CCN(C(=O)N(C)C)C3)cc1Cl. The highest BCUT2D eigenvalue weighted by atomic mass is 35.5. The highest BCUT2D eigenvalue weighted by Crippen LogP contribution is 2.28. The predicted octanol–water partition coefficient (Wildman–Crippen LogP) is 3.04. The number of hydrogen-bond acceptors (Lipinski definition) is 4. The zero-order valence-corrected chi connectivity index (χ0v) is 16.2. The van der Waals surface area contributed by atoms with Crippen LogP contribution in [0, 0.1) is 0 Å². The topological polar surface area (TPSA) is 74.8 Å². The molecule has 0 saturated carbocycles. The number of nitrogens with one attached hydrogen (secondary N) is 1. The van der Waals surface area contributed by atoms with Crippen LogP contribution in [-0.2, 0) is 13.0 Å². The maximum absolute atomic E-state index is 12.8. The van der Waals surface area contributed by atoms with Crippen LogP contribution in [0.15, 0.2) is 30.6 Å². The van der Waals surface area contributed by atoms with Crippen LogP contribution >= 0.6 is 11.6 Å². The normalized spacial score (nSPS) is 13.0. The third kappa shape index (κ3) is 3.98. The number of methoxy groups -OCH3 is 1. The van der Waals surface area contributed by atoms with Crippen molar-refractivity contribution in [2.75, 3.05) is 33.1 Å². The van der Waals surface area contributed by atoms with Gasteiger partial charge in [0.05, 0.1) is 17.7 Å². The van der Waals surface area contributed by atoms with Gasteiger partial charge in [-0.2, -0.15) is 0 Å². The van der Waals surface area contributed by atoms with Gasteiger partial charge in [0.1, 0.15) is 5.75 Å². The lowest BCUT2D eigenvalue weighted by Crippen LogP contribution is -2.42. The molecule has 1 N–H and O–H groups in total. The Labute approximate surface area is 162 Å². The second-order valence-electron chi connectivity index (χ2n) is 6.48. The van der Waals surface area contributed by atoms with Crippen LogP contribution in [0.4, 0.5) is 10.5 Å². The number of fused-ring (bicyclic) bond motifs is 1. The van der Waals surface area contributed by atoms with E-state index >= 15 is 0 Å². The molecule has 1 aromatic carbocycles. The Morgan fingerprint density at radius 2 is 2.07 bits per heavy atom. The third-order valence-corrected chi connectivity index (χ3v) is 4.74. The minimum Gasteiger partial charge on any atom is -0.495 e. The Kier molecular flexibility index (Phi) is 5.51. The van der Waals surface area contributed by atoms with Gasteiger partial charge in [0.25, 0.3) is 5.91 Å². The van der Waals surface area contributed by atoms with Gasteiger partial charge < -0.3 is 19.9 Å². The molecule has 1 aliphatic rings. The minimum absolute atomic E-state index is 0.0524. The Bertz CT molecular complexity index is 885. The maximum atomic E-state index is 12.8. The van der Waals surface area contributed by atoms with E-state index in [9.17, 15) is 9.59 Å². The van der Waals surface area contributed by atoms with Crippen LogP contribution < -0.4 is 10.1 Å². The first-order valence-corrected chi connectivity index (χ1v) is 8.85. The summed E-state index contributed by atoms with van der Waals surface area (Å²) in [4.78, 5) is 32.4. The average Bonchev–Trinajstić information content (AvgIpc) is 2.66. The van der Waals surface area contributed by atoms with Crippen LogP contribution in [-0.4, -0.2) is 54.5 Å². The molecule has 0 unspecified atom stereocenters. The number of rotatable bonds is 3. The number of anilines is 1. The number of aromatic nitrogens is 1. The van der Waals surface area contributed by atoms with Crippen molar-refractivity contribution in [2.24, 2.45) is 0 Å². The van der Waals surface area contributed by atoms with E-state index in [4.69, 9.17) is 16.3 Å². The summed E-state index contributed by atoms with van der Waals surface area (Å²) in [5.74, 6) is 0.284. The Balaban J connectivity index is 1.80.